The molecule has 1 saturated carbocycles. The lowest BCUT2D eigenvalue weighted by atomic mass is 10.1. The van der Waals surface area contributed by atoms with Gasteiger partial charge in [0.15, 0.2) is 0 Å². The van der Waals surface area contributed by atoms with Crippen molar-refractivity contribution < 1.29 is 13.9 Å². The number of hydrogen-bond acceptors (Lipinski definition) is 5. The Kier molecular flexibility index (Phi) is 5.04. The van der Waals surface area contributed by atoms with Crippen LogP contribution in [0.15, 0.2) is 40.4 Å². The van der Waals surface area contributed by atoms with Gasteiger partial charge in [-0.1, -0.05) is 0 Å². The average molecular weight is 412 g/mol. The third kappa shape index (κ3) is 3.48. The van der Waals surface area contributed by atoms with Crippen LogP contribution in [0.25, 0.3) is 22.2 Å². The molecule has 3 aromatic rings. The summed E-state index contributed by atoms with van der Waals surface area (Å²) in [4.78, 5) is 21.4. The van der Waals surface area contributed by atoms with Gasteiger partial charge < -0.3 is 14.6 Å². The van der Waals surface area contributed by atoms with Crippen molar-refractivity contribution in [3.8, 4) is 17.0 Å². The molecular weight excluding hydrogens is 391 g/mol. The Bertz CT molecular complexity index is 1130. The van der Waals surface area contributed by atoms with Gasteiger partial charge >= 0.3 is 0 Å². The van der Waals surface area contributed by atoms with Crippen LogP contribution >= 0.6 is 11.8 Å². The van der Waals surface area contributed by atoms with Crippen LogP contribution in [-0.4, -0.2) is 41.7 Å². The van der Waals surface area contributed by atoms with Crippen LogP contribution in [0.2, 0.25) is 0 Å². The molecule has 1 aliphatic rings. The summed E-state index contributed by atoms with van der Waals surface area (Å²) in [5, 5.41) is 3.62. The highest BCUT2D eigenvalue weighted by molar-refractivity contribution is 7.98. The summed E-state index contributed by atoms with van der Waals surface area (Å²) in [5.41, 5.74) is 3.55. The lowest BCUT2D eigenvalue weighted by molar-refractivity contribution is -0.117. The monoisotopic (exact) mass is 412 g/mol. The van der Waals surface area contributed by atoms with Gasteiger partial charge in [-0.3, -0.25) is 9.79 Å². The second kappa shape index (κ2) is 7.51. The third-order valence-electron chi connectivity index (χ3n) is 5.18. The molecule has 150 valence electrons. The number of halogens is 1. The van der Waals surface area contributed by atoms with E-state index in [1.54, 1.807) is 31.1 Å². The van der Waals surface area contributed by atoms with Gasteiger partial charge in [0.25, 0.3) is 0 Å². The maximum Gasteiger partial charge on any atom is 0.231 e. The first-order chi connectivity index (χ1) is 14.0. The minimum Gasteiger partial charge on any atom is -0.496 e. The van der Waals surface area contributed by atoms with Gasteiger partial charge in [-0.15, -0.1) is 11.8 Å². The summed E-state index contributed by atoms with van der Waals surface area (Å²) in [6.07, 6.45) is 2.95. The Morgan fingerprint density at radius 2 is 2.17 bits per heavy atom. The van der Waals surface area contributed by atoms with Crippen molar-refractivity contribution in [2.45, 2.75) is 17.5 Å². The van der Waals surface area contributed by atoms with Crippen LogP contribution in [0.4, 0.5) is 15.9 Å². The molecule has 1 aromatic carbocycles. The standard InChI is InChI=1S/C21H21FN4O2S/c1-23-15-9-18(28-3)13(8-19(15)29-4)16-5-11-6-20(24-10-17(11)26(16)2)25-21(27)12-7-14(12)22/h5-6,8-10,12,14H,1,7H2,2-4H3,(H,24,25,27). The fraction of sp³-hybridized carbons (Fsp3) is 0.286. The number of fused-ring (bicyclic) bond motifs is 1. The van der Waals surface area contributed by atoms with Crippen molar-refractivity contribution in [1.82, 2.24) is 9.55 Å². The van der Waals surface area contributed by atoms with Crippen LogP contribution in [0.1, 0.15) is 6.42 Å². The summed E-state index contributed by atoms with van der Waals surface area (Å²) in [5.74, 6) is 0.242. The zero-order valence-corrected chi connectivity index (χ0v) is 17.2. The predicted octanol–water partition coefficient (Wildman–Crippen LogP) is 4.60. The van der Waals surface area contributed by atoms with E-state index in [2.05, 4.69) is 22.0 Å². The number of aryl methyl sites for hydroxylation is 1. The first-order valence-electron chi connectivity index (χ1n) is 9.10. The zero-order valence-electron chi connectivity index (χ0n) is 16.4. The molecular formula is C21H21FN4O2S. The molecule has 4 rings (SSSR count). The fourth-order valence-corrected chi connectivity index (χ4v) is 3.99. The summed E-state index contributed by atoms with van der Waals surface area (Å²) >= 11 is 1.59. The number of hydrogen-bond donors (Lipinski definition) is 1. The number of thioether (sulfide) groups is 1. The summed E-state index contributed by atoms with van der Waals surface area (Å²) in [6, 6.07) is 7.73. The second-order valence-corrected chi connectivity index (χ2v) is 7.79. The number of benzene rings is 1. The van der Waals surface area contributed by atoms with E-state index in [4.69, 9.17) is 4.74 Å². The number of anilines is 1. The number of methoxy groups -OCH3 is 1. The maximum atomic E-state index is 13.1. The van der Waals surface area contributed by atoms with Crippen molar-refractivity contribution in [2.75, 3.05) is 18.7 Å². The Morgan fingerprint density at radius 1 is 1.41 bits per heavy atom. The minimum absolute atomic E-state index is 0.288. The molecule has 29 heavy (non-hydrogen) atoms. The number of amides is 1. The molecule has 0 spiro atoms. The molecule has 1 aliphatic carbocycles. The number of aromatic nitrogens is 2. The van der Waals surface area contributed by atoms with E-state index in [1.807, 2.05) is 36.1 Å². The number of ether oxygens (including phenoxy) is 1. The van der Waals surface area contributed by atoms with E-state index >= 15 is 0 Å². The van der Waals surface area contributed by atoms with Gasteiger partial charge in [0.2, 0.25) is 5.91 Å². The number of pyridine rings is 1. The second-order valence-electron chi connectivity index (χ2n) is 6.95. The molecule has 8 heteroatoms. The highest BCUT2D eigenvalue weighted by atomic mass is 32.2. The third-order valence-corrected chi connectivity index (χ3v) is 5.94. The molecule has 1 amide bonds. The fourth-order valence-electron chi connectivity index (χ4n) is 3.42. The number of nitrogens with zero attached hydrogens (tertiary/aromatic N) is 3. The van der Waals surface area contributed by atoms with Crippen molar-refractivity contribution in [1.29, 1.82) is 0 Å². The Labute approximate surface area is 172 Å². The van der Waals surface area contributed by atoms with Crippen LogP contribution in [0.5, 0.6) is 5.75 Å². The first-order valence-corrected chi connectivity index (χ1v) is 10.3. The molecule has 2 aromatic heterocycles. The lowest BCUT2D eigenvalue weighted by Crippen LogP contribution is -2.15. The molecule has 2 unspecified atom stereocenters. The molecule has 2 heterocycles. The predicted molar refractivity (Wildman–Crippen MR) is 115 cm³/mol. The minimum atomic E-state index is -1.03. The van der Waals surface area contributed by atoms with Gasteiger partial charge in [-0.05, 0) is 37.6 Å². The SMILES string of the molecule is C=Nc1cc(OC)c(-c2cc3cc(NC(=O)C4CC4F)ncc3n2C)cc1SC. The van der Waals surface area contributed by atoms with Crippen molar-refractivity contribution in [3.05, 3.63) is 30.5 Å². The van der Waals surface area contributed by atoms with E-state index in [1.165, 1.54) is 0 Å². The largest absolute Gasteiger partial charge is 0.496 e. The van der Waals surface area contributed by atoms with E-state index in [9.17, 15) is 9.18 Å². The van der Waals surface area contributed by atoms with E-state index in [0.717, 1.165) is 32.7 Å². The van der Waals surface area contributed by atoms with Crippen molar-refractivity contribution in [2.24, 2.45) is 18.0 Å². The number of carbonyl (C=O) groups is 1. The van der Waals surface area contributed by atoms with Gasteiger partial charge in [-0.25, -0.2) is 9.37 Å². The molecule has 1 N–H and O–H groups in total. The number of nitrogens with one attached hydrogen (secondary N) is 1. The molecule has 0 bridgehead atoms. The first kappa shape index (κ1) is 19.4. The van der Waals surface area contributed by atoms with Gasteiger partial charge in [-0.2, -0.15) is 0 Å². The van der Waals surface area contributed by atoms with Crippen LogP contribution in [-0.2, 0) is 11.8 Å². The Balaban J connectivity index is 1.76. The Morgan fingerprint density at radius 3 is 2.79 bits per heavy atom. The maximum absolute atomic E-state index is 13.1. The van der Waals surface area contributed by atoms with E-state index in [0.29, 0.717) is 11.6 Å². The van der Waals surface area contributed by atoms with Crippen molar-refractivity contribution >= 4 is 46.8 Å². The normalized spacial score (nSPS) is 17.9. The van der Waals surface area contributed by atoms with Gasteiger partial charge in [0, 0.05) is 29.0 Å². The molecule has 6 nitrogen and oxygen atoms in total. The average Bonchev–Trinajstić information content (AvgIpc) is 3.38. The zero-order chi connectivity index (χ0) is 20.7. The molecule has 0 saturated heterocycles. The highest BCUT2D eigenvalue weighted by Crippen LogP contribution is 2.41. The molecule has 0 radical (unpaired) electrons. The molecule has 0 aliphatic heterocycles. The van der Waals surface area contributed by atoms with Crippen LogP contribution in [0, 0.1) is 5.92 Å². The van der Waals surface area contributed by atoms with Gasteiger partial charge in [0.05, 0.1) is 36.1 Å². The number of alkyl halides is 1. The van der Waals surface area contributed by atoms with Crippen molar-refractivity contribution in [3.63, 3.8) is 0 Å². The Hall–Kier alpha value is -2.87. The smallest absolute Gasteiger partial charge is 0.231 e. The number of aliphatic imine (C=N–C) groups is 1. The van der Waals surface area contributed by atoms with E-state index in [-0.39, 0.29) is 12.3 Å². The summed E-state index contributed by atoms with van der Waals surface area (Å²) in [6.45, 7) is 3.63. The lowest BCUT2D eigenvalue weighted by Gasteiger charge is -2.13. The number of rotatable bonds is 6. The topological polar surface area (TPSA) is 68.5 Å². The summed E-state index contributed by atoms with van der Waals surface area (Å²) in [7, 11) is 3.58. The van der Waals surface area contributed by atoms with Gasteiger partial charge in [0.1, 0.15) is 17.7 Å². The van der Waals surface area contributed by atoms with Crippen LogP contribution < -0.4 is 10.1 Å². The van der Waals surface area contributed by atoms with Crippen LogP contribution in [0.3, 0.4) is 0 Å². The summed E-state index contributed by atoms with van der Waals surface area (Å²) < 4.78 is 20.7. The molecule has 1 fully saturated rings. The van der Waals surface area contributed by atoms with E-state index < -0.39 is 12.1 Å². The number of carbonyl (C=O) groups excluding carboxylic acids is 1. The molecule has 2 atom stereocenters. The quantitative estimate of drug-likeness (QED) is 0.475. The highest BCUT2D eigenvalue weighted by Gasteiger charge is 2.43.